The van der Waals surface area contributed by atoms with Crippen LogP contribution in [0.1, 0.15) is 54.7 Å². The van der Waals surface area contributed by atoms with Gasteiger partial charge in [0.2, 0.25) is 0 Å². The summed E-state index contributed by atoms with van der Waals surface area (Å²) in [4.78, 5) is 29.6. The first-order valence-corrected chi connectivity index (χ1v) is 8.59. The third-order valence-electron chi connectivity index (χ3n) is 4.08. The molecule has 0 aliphatic heterocycles. The van der Waals surface area contributed by atoms with Crippen molar-refractivity contribution in [3.63, 3.8) is 0 Å². The fourth-order valence-corrected chi connectivity index (χ4v) is 2.66. The SMILES string of the molecule is CCCN(CCc1ccccc1)C(=O)c1ccc(C(C)C)[nH]c1=O. The van der Waals surface area contributed by atoms with E-state index < -0.39 is 0 Å². The van der Waals surface area contributed by atoms with E-state index in [-0.39, 0.29) is 22.9 Å². The van der Waals surface area contributed by atoms with E-state index in [1.165, 1.54) is 5.56 Å². The number of benzene rings is 1. The molecule has 4 nitrogen and oxygen atoms in total. The molecule has 0 fully saturated rings. The zero-order valence-corrected chi connectivity index (χ0v) is 14.7. The van der Waals surface area contributed by atoms with E-state index in [1.54, 1.807) is 11.0 Å². The predicted octanol–water partition coefficient (Wildman–Crippen LogP) is 3.59. The normalized spacial score (nSPS) is 10.8. The van der Waals surface area contributed by atoms with Gasteiger partial charge in [-0.1, -0.05) is 51.1 Å². The quantitative estimate of drug-likeness (QED) is 0.845. The van der Waals surface area contributed by atoms with Crippen LogP contribution in [0.2, 0.25) is 0 Å². The van der Waals surface area contributed by atoms with Crippen LogP contribution in [0.4, 0.5) is 0 Å². The number of hydrogen-bond donors (Lipinski definition) is 1. The van der Waals surface area contributed by atoms with Crippen LogP contribution in [0.5, 0.6) is 0 Å². The summed E-state index contributed by atoms with van der Waals surface area (Å²) in [5.74, 6) is 0.0380. The zero-order chi connectivity index (χ0) is 17.5. The van der Waals surface area contributed by atoms with Crippen molar-refractivity contribution in [3.8, 4) is 0 Å². The van der Waals surface area contributed by atoms with Crippen LogP contribution in [-0.2, 0) is 6.42 Å². The first kappa shape index (κ1) is 18.0. The molecule has 0 bridgehead atoms. The fourth-order valence-electron chi connectivity index (χ4n) is 2.66. The number of hydrogen-bond acceptors (Lipinski definition) is 2. The molecule has 1 aromatic heterocycles. The van der Waals surface area contributed by atoms with Crippen LogP contribution < -0.4 is 5.56 Å². The molecule has 1 aromatic carbocycles. The molecule has 1 N–H and O–H groups in total. The molecule has 0 atom stereocenters. The highest BCUT2D eigenvalue weighted by molar-refractivity contribution is 5.93. The van der Waals surface area contributed by atoms with Gasteiger partial charge >= 0.3 is 0 Å². The number of pyridine rings is 1. The van der Waals surface area contributed by atoms with Gasteiger partial charge in [-0.15, -0.1) is 0 Å². The minimum Gasteiger partial charge on any atom is -0.338 e. The first-order chi connectivity index (χ1) is 11.5. The standard InChI is InChI=1S/C20H26N2O2/c1-4-13-22(14-12-16-8-6-5-7-9-16)20(24)17-10-11-18(15(2)3)21-19(17)23/h5-11,15H,4,12-14H2,1-3H3,(H,21,23). The van der Waals surface area contributed by atoms with Crippen LogP contribution >= 0.6 is 0 Å². The second kappa shape index (κ2) is 8.48. The summed E-state index contributed by atoms with van der Waals surface area (Å²) in [6.07, 6.45) is 1.65. The smallest absolute Gasteiger partial charge is 0.261 e. The van der Waals surface area contributed by atoms with Gasteiger partial charge in [-0.05, 0) is 36.5 Å². The van der Waals surface area contributed by atoms with Gasteiger partial charge in [0.1, 0.15) is 5.56 Å². The van der Waals surface area contributed by atoms with Crippen molar-refractivity contribution in [2.24, 2.45) is 0 Å². The molecule has 128 valence electrons. The molecular formula is C20H26N2O2. The van der Waals surface area contributed by atoms with E-state index in [9.17, 15) is 9.59 Å². The van der Waals surface area contributed by atoms with Crippen molar-refractivity contribution in [3.05, 3.63) is 69.6 Å². The number of amides is 1. The Kier molecular flexibility index (Phi) is 6.36. The summed E-state index contributed by atoms with van der Waals surface area (Å²) in [7, 11) is 0. The second-order valence-corrected chi connectivity index (χ2v) is 6.34. The second-order valence-electron chi connectivity index (χ2n) is 6.34. The molecule has 0 spiro atoms. The highest BCUT2D eigenvalue weighted by Gasteiger charge is 2.18. The number of H-pyrrole nitrogens is 1. The van der Waals surface area contributed by atoms with E-state index in [2.05, 4.69) is 17.1 Å². The summed E-state index contributed by atoms with van der Waals surface area (Å²) in [5, 5.41) is 0. The molecule has 0 saturated heterocycles. The predicted molar refractivity (Wildman–Crippen MR) is 97.5 cm³/mol. The topological polar surface area (TPSA) is 53.2 Å². The highest BCUT2D eigenvalue weighted by atomic mass is 16.2. The number of carbonyl (C=O) groups excluding carboxylic acids is 1. The van der Waals surface area contributed by atoms with E-state index >= 15 is 0 Å². The lowest BCUT2D eigenvalue weighted by molar-refractivity contribution is 0.0755. The fraction of sp³-hybridized carbons (Fsp3) is 0.400. The molecular weight excluding hydrogens is 300 g/mol. The summed E-state index contributed by atoms with van der Waals surface area (Å²) >= 11 is 0. The lowest BCUT2D eigenvalue weighted by atomic mass is 10.1. The Morgan fingerprint density at radius 2 is 1.79 bits per heavy atom. The molecule has 0 unspecified atom stereocenters. The number of aromatic nitrogens is 1. The average Bonchev–Trinajstić information content (AvgIpc) is 2.58. The number of carbonyl (C=O) groups is 1. The zero-order valence-electron chi connectivity index (χ0n) is 14.7. The van der Waals surface area contributed by atoms with Crippen molar-refractivity contribution in [1.29, 1.82) is 0 Å². The Hall–Kier alpha value is -2.36. The monoisotopic (exact) mass is 326 g/mol. The van der Waals surface area contributed by atoms with Crippen molar-refractivity contribution in [2.75, 3.05) is 13.1 Å². The number of aromatic amines is 1. The van der Waals surface area contributed by atoms with E-state index in [1.807, 2.05) is 45.0 Å². The molecule has 0 radical (unpaired) electrons. The summed E-state index contributed by atoms with van der Waals surface area (Å²) in [5.41, 5.74) is 1.96. The van der Waals surface area contributed by atoms with Gasteiger partial charge in [0.05, 0.1) is 0 Å². The van der Waals surface area contributed by atoms with Gasteiger partial charge in [-0.25, -0.2) is 0 Å². The first-order valence-electron chi connectivity index (χ1n) is 8.59. The molecule has 0 saturated carbocycles. The van der Waals surface area contributed by atoms with Crippen molar-refractivity contribution in [1.82, 2.24) is 9.88 Å². The Balaban J connectivity index is 2.15. The van der Waals surface area contributed by atoms with E-state index in [4.69, 9.17) is 0 Å². The Morgan fingerprint density at radius 3 is 2.38 bits per heavy atom. The Morgan fingerprint density at radius 1 is 1.08 bits per heavy atom. The number of nitrogens with zero attached hydrogens (tertiary/aromatic N) is 1. The van der Waals surface area contributed by atoms with Crippen LogP contribution in [0.3, 0.4) is 0 Å². The van der Waals surface area contributed by atoms with E-state index in [0.717, 1.165) is 18.5 Å². The van der Waals surface area contributed by atoms with Gasteiger partial charge in [-0.2, -0.15) is 0 Å². The van der Waals surface area contributed by atoms with E-state index in [0.29, 0.717) is 13.1 Å². The molecule has 1 heterocycles. The molecule has 0 aliphatic rings. The third kappa shape index (κ3) is 4.57. The maximum atomic E-state index is 12.8. The summed E-state index contributed by atoms with van der Waals surface area (Å²) < 4.78 is 0. The Bertz CT molecular complexity index is 720. The molecule has 24 heavy (non-hydrogen) atoms. The average molecular weight is 326 g/mol. The Labute approximate surface area is 143 Å². The van der Waals surface area contributed by atoms with Crippen LogP contribution in [-0.4, -0.2) is 28.9 Å². The molecule has 1 amide bonds. The van der Waals surface area contributed by atoms with Crippen LogP contribution in [0.15, 0.2) is 47.3 Å². The summed E-state index contributed by atoms with van der Waals surface area (Å²) in [6, 6.07) is 13.6. The van der Waals surface area contributed by atoms with Crippen LogP contribution in [0.25, 0.3) is 0 Å². The largest absolute Gasteiger partial charge is 0.338 e. The maximum Gasteiger partial charge on any atom is 0.261 e. The van der Waals surface area contributed by atoms with Gasteiger partial charge in [-0.3, -0.25) is 9.59 Å². The maximum absolute atomic E-state index is 12.8. The minimum absolute atomic E-state index is 0.190. The van der Waals surface area contributed by atoms with Gasteiger partial charge in [0.25, 0.3) is 11.5 Å². The van der Waals surface area contributed by atoms with Crippen LogP contribution in [0, 0.1) is 0 Å². The van der Waals surface area contributed by atoms with Gasteiger partial charge < -0.3 is 9.88 Å². The van der Waals surface area contributed by atoms with Crippen molar-refractivity contribution >= 4 is 5.91 Å². The van der Waals surface area contributed by atoms with Crippen molar-refractivity contribution in [2.45, 2.75) is 39.5 Å². The number of nitrogens with one attached hydrogen (secondary N) is 1. The van der Waals surface area contributed by atoms with Gasteiger partial charge in [0, 0.05) is 18.8 Å². The van der Waals surface area contributed by atoms with Gasteiger partial charge in [0.15, 0.2) is 0 Å². The lowest BCUT2D eigenvalue weighted by Gasteiger charge is -2.22. The summed E-state index contributed by atoms with van der Waals surface area (Å²) in [6.45, 7) is 7.32. The highest BCUT2D eigenvalue weighted by Crippen LogP contribution is 2.11. The lowest BCUT2D eigenvalue weighted by Crippen LogP contribution is -2.37. The third-order valence-corrected chi connectivity index (χ3v) is 4.08. The van der Waals surface area contributed by atoms with Crippen molar-refractivity contribution < 1.29 is 4.79 Å². The molecule has 4 heteroatoms. The minimum atomic E-state index is -0.299. The number of rotatable bonds is 7. The molecule has 0 aliphatic carbocycles. The molecule has 2 rings (SSSR count). The molecule has 2 aromatic rings.